The quantitative estimate of drug-likeness (QED) is 0.321. The molecule has 0 saturated carbocycles. The SMILES string of the molecule is C#CC(C)(C)N1CCN(c2cc3c(cc2C(C)=O)C(=O)c2c([nH]c4cc(/C=N\C)ccc24)C3(C)C)CC1. The summed E-state index contributed by atoms with van der Waals surface area (Å²) < 4.78 is 0. The van der Waals surface area contributed by atoms with E-state index in [4.69, 9.17) is 6.42 Å². The molecule has 1 aliphatic carbocycles. The average Bonchev–Trinajstić information content (AvgIpc) is 3.27. The van der Waals surface area contributed by atoms with Crippen molar-refractivity contribution in [2.75, 3.05) is 38.1 Å². The van der Waals surface area contributed by atoms with Gasteiger partial charge in [-0.25, -0.2) is 0 Å². The van der Waals surface area contributed by atoms with Gasteiger partial charge in [-0.2, -0.15) is 0 Å². The van der Waals surface area contributed by atoms with E-state index in [-0.39, 0.29) is 17.1 Å². The van der Waals surface area contributed by atoms with Gasteiger partial charge in [-0.1, -0.05) is 31.9 Å². The molecule has 0 atom stereocenters. The zero-order valence-corrected chi connectivity index (χ0v) is 22.5. The summed E-state index contributed by atoms with van der Waals surface area (Å²) in [5.41, 5.74) is 5.77. The smallest absolute Gasteiger partial charge is 0.195 e. The first kappa shape index (κ1) is 25.0. The van der Waals surface area contributed by atoms with Gasteiger partial charge >= 0.3 is 0 Å². The summed E-state index contributed by atoms with van der Waals surface area (Å²) in [5, 5.41) is 0.896. The third kappa shape index (κ3) is 3.89. The van der Waals surface area contributed by atoms with E-state index in [1.165, 1.54) is 0 Å². The highest BCUT2D eigenvalue weighted by Crippen LogP contribution is 2.45. The Kier molecular flexibility index (Phi) is 5.88. The predicted octanol–water partition coefficient (Wildman–Crippen LogP) is 4.82. The molecule has 0 amide bonds. The zero-order chi connectivity index (χ0) is 26.7. The second-order valence-corrected chi connectivity index (χ2v) is 11.2. The standard InChI is InChI=1S/C31H34N4O2/c1-8-30(3,4)35-13-11-34(12-14-35)26-17-24-23(16-22(26)19(2)36)28(37)27-21-10-9-20(18-32-7)15-25(21)33-29(27)31(24,5)6/h1,9-10,15-18,33H,11-14H2,2-7H3/b32-18-. The number of hydrogen-bond acceptors (Lipinski definition) is 5. The Morgan fingerprint density at radius 3 is 2.49 bits per heavy atom. The molecule has 2 aliphatic rings. The number of piperazine rings is 1. The Bertz CT molecular complexity index is 1510. The Morgan fingerprint density at radius 2 is 1.86 bits per heavy atom. The van der Waals surface area contributed by atoms with Crippen LogP contribution in [-0.4, -0.2) is 66.4 Å². The first-order valence-electron chi connectivity index (χ1n) is 12.8. The number of fused-ring (bicyclic) bond motifs is 4. The van der Waals surface area contributed by atoms with E-state index in [1.54, 1.807) is 20.2 Å². The lowest BCUT2D eigenvalue weighted by Gasteiger charge is -2.43. The van der Waals surface area contributed by atoms with Crippen LogP contribution in [0.3, 0.4) is 0 Å². The zero-order valence-electron chi connectivity index (χ0n) is 22.5. The normalized spacial score (nSPS) is 17.6. The number of terminal acetylenes is 1. The number of H-pyrrole nitrogens is 1. The number of aromatic nitrogens is 1. The summed E-state index contributed by atoms with van der Waals surface area (Å²) in [6, 6.07) is 9.89. The molecule has 0 bridgehead atoms. The molecule has 1 N–H and O–H groups in total. The van der Waals surface area contributed by atoms with Gasteiger partial charge in [0.25, 0.3) is 0 Å². The van der Waals surface area contributed by atoms with Gasteiger partial charge in [-0.15, -0.1) is 6.42 Å². The molecular formula is C31H34N4O2. The number of carbonyl (C=O) groups excluding carboxylic acids is 2. The van der Waals surface area contributed by atoms with Crippen LogP contribution in [0.5, 0.6) is 0 Å². The van der Waals surface area contributed by atoms with Gasteiger partial charge in [-0.05, 0) is 50.1 Å². The minimum Gasteiger partial charge on any atom is -0.368 e. The van der Waals surface area contributed by atoms with Crippen LogP contribution in [-0.2, 0) is 5.41 Å². The van der Waals surface area contributed by atoms with Crippen molar-refractivity contribution in [3.05, 3.63) is 63.8 Å². The topological polar surface area (TPSA) is 68.8 Å². The maximum Gasteiger partial charge on any atom is 0.195 e. The van der Waals surface area contributed by atoms with Crippen molar-refractivity contribution in [1.82, 2.24) is 9.88 Å². The van der Waals surface area contributed by atoms with Gasteiger partial charge in [0.2, 0.25) is 0 Å². The van der Waals surface area contributed by atoms with Crippen LogP contribution in [0.2, 0.25) is 0 Å². The van der Waals surface area contributed by atoms with Crippen LogP contribution in [0.25, 0.3) is 10.9 Å². The van der Waals surface area contributed by atoms with Crippen LogP contribution >= 0.6 is 0 Å². The van der Waals surface area contributed by atoms with E-state index in [2.05, 4.69) is 59.5 Å². The van der Waals surface area contributed by atoms with Crippen molar-refractivity contribution in [2.24, 2.45) is 4.99 Å². The van der Waals surface area contributed by atoms with Crippen LogP contribution in [0.15, 0.2) is 35.3 Å². The van der Waals surface area contributed by atoms with Crippen LogP contribution < -0.4 is 4.90 Å². The highest BCUT2D eigenvalue weighted by Gasteiger charge is 2.41. The van der Waals surface area contributed by atoms with Gasteiger partial charge < -0.3 is 9.88 Å². The minimum atomic E-state index is -0.450. The average molecular weight is 495 g/mol. The van der Waals surface area contributed by atoms with Gasteiger partial charge in [0, 0.05) is 78.3 Å². The first-order valence-corrected chi connectivity index (χ1v) is 12.8. The number of nitrogens with zero attached hydrogens (tertiary/aromatic N) is 3. The van der Waals surface area contributed by atoms with E-state index in [9.17, 15) is 9.59 Å². The van der Waals surface area contributed by atoms with E-state index < -0.39 is 5.41 Å². The van der Waals surface area contributed by atoms with Crippen molar-refractivity contribution in [2.45, 2.75) is 45.6 Å². The van der Waals surface area contributed by atoms with Crippen molar-refractivity contribution in [3.63, 3.8) is 0 Å². The highest BCUT2D eigenvalue weighted by molar-refractivity contribution is 6.21. The molecule has 2 heterocycles. The number of ketones is 2. The molecule has 2 aromatic carbocycles. The fraction of sp³-hybridized carbons (Fsp3) is 0.387. The largest absolute Gasteiger partial charge is 0.368 e. The Labute approximate surface area is 218 Å². The van der Waals surface area contributed by atoms with E-state index in [1.807, 2.05) is 24.3 Å². The predicted molar refractivity (Wildman–Crippen MR) is 151 cm³/mol. The summed E-state index contributed by atoms with van der Waals surface area (Å²) in [6.07, 6.45) is 7.57. The molecule has 0 radical (unpaired) electrons. The lowest BCUT2D eigenvalue weighted by Crippen LogP contribution is -2.54. The van der Waals surface area contributed by atoms with Crippen molar-refractivity contribution in [3.8, 4) is 12.3 Å². The summed E-state index contributed by atoms with van der Waals surface area (Å²) in [4.78, 5) is 39.0. The molecule has 6 nitrogen and oxygen atoms in total. The Hall–Kier alpha value is -3.69. The van der Waals surface area contributed by atoms with E-state index >= 15 is 0 Å². The molecule has 190 valence electrons. The number of aromatic amines is 1. The molecular weight excluding hydrogens is 460 g/mol. The molecule has 1 aromatic heterocycles. The number of rotatable bonds is 4. The monoisotopic (exact) mass is 494 g/mol. The molecule has 3 aromatic rings. The maximum absolute atomic E-state index is 13.9. The third-order valence-electron chi connectivity index (χ3n) is 8.15. The second kappa shape index (κ2) is 8.71. The fourth-order valence-electron chi connectivity index (χ4n) is 5.85. The van der Waals surface area contributed by atoms with Gasteiger partial charge in [0.1, 0.15) is 0 Å². The summed E-state index contributed by atoms with van der Waals surface area (Å²) in [6.45, 7) is 13.1. The molecule has 0 spiro atoms. The van der Waals surface area contributed by atoms with Gasteiger partial charge in [-0.3, -0.25) is 19.5 Å². The Morgan fingerprint density at radius 1 is 1.16 bits per heavy atom. The van der Waals surface area contributed by atoms with Gasteiger partial charge in [0.05, 0.1) is 11.1 Å². The van der Waals surface area contributed by atoms with Crippen LogP contribution in [0.4, 0.5) is 5.69 Å². The number of Topliss-reactive ketones (excluding diaryl/α,β-unsaturated/α-hetero) is 1. The summed E-state index contributed by atoms with van der Waals surface area (Å²) in [7, 11) is 1.74. The lowest BCUT2D eigenvalue weighted by atomic mass is 9.70. The number of nitrogens with one attached hydrogen (secondary N) is 1. The van der Waals surface area contributed by atoms with Crippen molar-refractivity contribution >= 4 is 34.4 Å². The first-order chi connectivity index (χ1) is 17.5. The minimum absolute atomic E-state index is 0.0389. The molecule has 5 rings (SSSR count). The third-order valence-corrected chi connectivity index (χ3v) is 8.15. The molecule has 6 heteroatoms. The number of hydrogen-bond donors (Lipinski definition) is 1. The van der Waals surface area contributed by atoms with Crippen LogP contribution in [0, 0.1) is 12.3 Å². The summed E-state index contributed by atoms with van der Waals surface area (Å²) in [5.74, 6) is 2.81. The lowest BCUT2D eigenvalue weighted by molar-refractivity contribution is 0.101. The van der Waals surface area contributed by atoms with Crippen LogP contribution in [0.1, 0.15) is 77.7 Å². The second-order valence-electron chi connectivity index (χ2n) is 11.2. The molecule has 1 aliphatic heterocycles. The number of anilines is 1. The molecule has 0 unspecified atom stereocenters. The van der Waals surface area contributed by atoms with Crippen molar-refractivity contribution in [1.29, 1.82) is 0 Å². The van der Waals surface area contributed by atoms with E-state index in [0.717, 1.165) is 59.6 Å². The molecule has 37 heavy (non-hydrogen) atoms. The number of benzene rings is 2. The van der Waals surface area contributed by atoms with E-state index in [0.29, 0.717) is 16.7 Å². The number of carbonyl (C=O) groups is 2. The Balaban J connectivity index is 1.61. The van der Waals surface area contributed by atoms with Crippen molar-refractivity contribution < 1.29 is 9.59 Å². The molecule has 1 saturated heterocycles. The molecule has 1 fully saturated rings. The maximum atomic E-state index is 13.9. The van der Waals surface area contributed by atoms with Gasteiger partial charge in [0.15, 0.2) is 11.6 Å². The summed E-state index contributed by atoms with van der Waals surface area (Å²) >= 11 is 0. The highest BCUT2D eigenvalue weighted by atomic mass is 16.1. The fourth-order valence-corrected chi connectivity index (χ4v) is 5.85. The number of aliphatic imine (C=N–C) groups is 1.